The van der Waals surface area contributed by atoms with E-state index in [1.807, 2.05) is 25.1 Å². The second-order valence-corrected chi connectivity index (χ2v) is 9.52. The van der Waals surface area contributed by atoms with Gasteiger partial charge in [0, 0.05) is 6.54 Å². The summed E-state index contributed by atoms with van der Waals surface area (Å²) in [5.41, 5.74) is 3.86. The van der Waals surface area contributed by atoms with Crippen molar-refractivity contribution in [2.45, 2.75) is 24.8 Å². The SMILES string of the molecule is Cc1ccc(S(=O)(=O)NCC(COc2ccc(-c3cccc(C#N)c3)cc2)N(O)C=O)c(C)c1. The first-order chi connectivity index (χ1) is 16.2. The first-order valence-electron chi connectivity index (χ1n) is 10.5. The van der Waals surface area contributed by atoms with Crippen molar-refractivity contribution in [2.75, 3.05) is 13.2 Å². The van der Waals surface area contributed by atoms with E-state index in [9.17, 15) is 18.4 Å². The van der Waals surface area contributed by atoms with E-state index >= 15 is 0 Å². The van der Waals surface area contributed by atoms with Crippen LogP contribution in [0.5, 0.6) is 5.75 Å². The van der Waals surface area contributed by atoms with Crippen LogP contribution in [0.4, 0.5) is 0 Å². The fourth-order valence-electron chi connectivity index (χ4n) is 3.40. The van der Waals surface area contributed by atoms with Crippen molar-refractivity contribution in [1.29, 1.82) is 5.26 Å². The van der Waals surface area contributed by atoms with Gasteiger partial charge in [-0.05, 0) is 60.9 Å². The van der Waals surface area contributed by atoms with Crippen molar-refractivity contribution in [2.24, 2.45) is 0 Å². The lowest BCUT2D eigenvalue weighted by molar-refractivity contribution is -0.162. The zero-order valence-corrected chi connectivity index (χ0v) is 19.6. The number of rotatable bonds is 10. The molecule has 1 unspecified atom stereocenters. The van der Waals surface area contributed by atoms with Crippen LogP contribution in [0.1, 0.15) is 16.7 Å². The van der Waals surface area contributed by atoms with E-state index in [2.05, 4.69) is 10.8 Å². The Bertz CT molecular complexity index is 1300. The maximum Gasteiger partial charge on any atom is 0.240 e. The number of amides is 1. The van der Waals surface area contributed by atoms with Crippen LogP contribution in [0.3, 0.4) is 0 Å². The average Bonchev–Trinajstić information content (AvgIpc) is 2.83. The van der Waals surface area contributed by atoms with Crippen LogP contribution >= 0.6 is 0 Å². The van der Waals surface area contributed by atoms with E-state index < -0.39 is 16.1 Å². The molecule has 1 amide bonds. The van der Waals surface area contributed by atoms with E-state index in [-0.39, 0.29) is 24.5 Å². The minimum absolute atomic E-state index is 0.129. The summed E-state index contributed by atoms with van der Waals surface area (Å²) in [5.74, 6) is 0.474. The number of benzene rings is 3. The first kappa shape index (κ1) is 24.9. The molecule has 0 bridgehead atoms. The molecule has 3 rings (SSSR count). The lowest BCUT2D eigenvalue weighted by Gasteiger charge is -2.23. The minimum Gasteiger partial charge on any atom is -0.491 e. The van der Waals surface area contributed by atoms with Crippen molar-refractivity contribution in [1.82, 2.24) is 9.79 Å². The van der Waals surface area contributed by atoms with Crippen LogP contribution in [0.15, 0.2) is 71.6 Å². The molecular formula is C25H25N3O5S. The number of carbonyl (C=O) groups excluding carboxylic acids is 1. The summed E-state index contributed by atoms with van der Waals surface area (Å²) >= 11 is 0. The molecule has 1 atom stereocenters. The number of ether oxygens (including phenoxy) is 1. The molecule has 2 N–H and O–H groups in total. The van der Waals surface area contributed by atoms with E-state index in [4.69, 9.17) is 10.00 Å². The van der Waals surface area contributed by atoms with Gasteiger partial charge in [0.25, 0.3) is 0 Å². The molecule has 0 aliphatic rings. The minimum atomic E-state index is -3.85. The summed E-state index contributed by atoms with van der Waals surface area (Å²) < 4.78 is 33.5. The average molecular weight is 480 g/mol. The third-order valence-electron chi connectivity index (χ3n) is 5.23. The Labute approximate surface area is 199 Å². The molecule has 0 saturated heterocycles. The Balaban J connectivity index is 1.66. The lowest BCUT2D eigenvalue weighted by Crippen LogP contribution is -2.45. The highest BCUT2D eigenvalue weighted by Crippen LogP contribution is 2.23. The molecule has 9 heteroatoms. The fraction of sp³-hybridized carbons (Fsp3) is 0.200. The molecule has 0 aliphatic heterocycles. The van der Waals surface area contributed by atoms with Crippen molar-refractivity contribution < 1.29 is 23.2 Å². The van der Waals surface area contributed by atoms with Gasteiger partial charge in [0.2, 0.25) is 16.4 Å². The summed E-state index contributed by atoms with van der Waals surface area (Å²) in [7, 11) is -3.85. The molecule has 34 heavy (non-hydrogen) atoms. The van der Waals surface area contributed by atoms with Crippen molar-refractivity contribution in [3.8, 4) is 22.9 Å². The summed E-state index contributed by atoms with van der Waals surface area (Å²) in [6, 6.07) is 20.4. The predicted octanol–water partition coefficient (Wildman–Crippen LogP) is 3.42. The number of nitriles is 1. The summed E-state index contributed by atoms with van der Waals surface area (Å²) in [6.45, 7) is 3.18. The Morgan fingerprint density at radius 2 is 1.82 bits per heavy atom. The highest BCUT2D eigenvalue weighted by molar-refractivity contribution is 7.89. The number of nitrogens with one attached hydrogen (secondary N) is 1. The van der Waals surface area contributed by atoms with Crippen LogP contribution in [-0.4, -0.2) is 44.3 Å². The summed E-state index contributed by atoms with van der Waals surface area (Å²) in [5, 5.41) is 19.4. The number of aryl methyl sites for hydroxylation is 2. The van der Waals surface area contributed by atoms with Gasteiger partial charge in [-0.15, -0.1) is 0 Å². The second kappa shape index (κ2) is 10.9. The van der Waals surface area contributed by atoms with E-state index in [0.717, 1.165) is 16.7 Å². The van der Waals surface area contributed by atoms with Crippen LogP contribution in [0.2, 0.25) is 0 Å². The second-order valence-electron chi connectivity index (χ2n) is 7.79. The summed E-state index contributed by atoms with van der Waals surface area (Å²) in [6.07, 6.45) is 0.199. The standard InChI is InChI=1S/C25H25N3O5S/c1-18-6-11-25(19(2)12-18)34(31,32)27-15-23(28(30)17-29)16-33-24-9-7-21(8-10-24)22-5-3-4-20(13-22)14-26/h3-13,17,23,27,30H,15-16H2,1-2H3. The van der Waals surface area contributed by atoms with Crippen LogP contribution in [0, 0.1) is 25.2 Å². The van der Waals surface area contributed by atoms with Crippen LogP contribution in [-0.2, 0) is 14.8 Å². The molecular weight excluding hydrogens is 454 g/mol. The molecule has 3 aromatic rings. The number of nitrogens with zero attached hydrogens (tertiary/aromatic N) is 2. The zero-order valence-electron chi connectivity index (χ0n) is 18.8. The number of hydrogen-bond acceptors (Lipinski definition) is 6. The number of sulfonamides is 1. The predicted molar refractivity (Wildman–Crippen MR) is 127 cm³/mol. The smallest absolute Gasteiger partial charge is 0.240 e. The third-order valence-corrected chi connectivity index (χ3v) is 6.82. The molecule has 0 spiro atoms. The Morgan fingerprint density at radius 1 is 1.09 bits per heavy atom. The first-order valence-corrected chi connectivity index (χ1v) is 11.9. The number of hydrogen-bond donors (Lipinski definition) is 2. The van der Waals surface area contributed by atoms with E-state index in [1.54, 1.807) is 49.4 Å². The monoisotopic (exact) mass is 479 g/mol. The van der Waals surface area contributed by atoms with Gasteiger partial charge in [0.05, 0.1) is 16.5 Å². The molecule has 0 aromatic heterocycles. The highest BCUT2D eigenvalue weighted by atomic mass is 32.2. The van der Waals surface area contributed by atoms with Gasteiger partial charge in [-0.25, -0.2) is 18.2 Å². The van der Waals surface area contributed by atoms with Crippen molar-refractivity contribution in [3.63, 3.8) is 0 Å². The van der Waals surface area contributed by atoms with Crippen molar-refractivity contribution >= 4 is 16.4 Å². The molecule has 0 heterocycles. The summed E-state index contributed by atoms with van der Waals surface area (Å²) in [4.78, 5) is 11.2. The Morgan fingerprint density at radius 3 is 2.47 bits per heavy atom. The highest BCUT2D eigenvalue weighted by Gasteiger charge is 2.22. The largest absolute Gasteiger partial charge is 0.491 e. The molecule has 0 aliphatic carbocycles. The topological polar surface area (TPSA) is 120 Å². The van der Waals surface area contributed by atoms with Crippen LogP contribution in [0.25, 0.3) is 11.1 Å². The number of hydroxylamine groups is 2. The van der Waals surface area contributed by atoms with Gasteiger partial charge in [-0.1, -0.05) is 42.0 Å². The number of carbonyl (C=O) groups is 1. The molecule has 8 nitrogen and oxygen atoms in total. The van der Waals surface area contributed by atoms with Crippen LogP contribution < -0.4 is 9.46 Å². The molecule has 0 saturated carbocycles. The van der Waals surface area contributed by atoms with Crippen molar-refractivity contribution in [3.05, 3.63) is 83.4 Å². The molecule has 0 fully saturated rings. The van der Waals surface area contributed by atoms with Gasteiger partial charge in [0.15, 0.2) is 0 Å². The maximum absolute atomic E-state index is 12.7. The molecule has 3 aromatic carbocycles. The molecule has 176 valence electrons. The Kier molecular flexibility index (Phi) is 8.02. The van der Waals surface area contributed by atoms with Gasteiger partial charge < -0.3 is 4.74 Å². The fourth-order valence-corrected chi connectivity index (χ4v) is 4.70. The third kappa shape index (κ3) is 6.20. The maximum atomic E-state index is 12.7. The van der Waals surface area contributed by atoms with Gasteiger partial charge in [0.1, 0.15) is 18.4 Å². The zero-order chi connectivity index (χ0) is 24.7. The van der Waals surface area contributed by atoms with E-state index in [1.165, 1.54) is 6.07 Å². The van der Waals surface area contributed by atoms with Gasteiger partial charge in [-0.3, -0.25) is 10.0 Å². The lowest BCUT2D eigenvalue weighted by atomic mass is 10.0. The van der Waals surface area contributed by atoms with E-state index in [0.29, 0.717) is 21.9 Å². The molecule has 0 radical (unpaired) electrons. The van der Waals surface area contributed by atoms with Gasteiger partial charge >= 0.3 is 0 Å². The van der Waals surface area contributed by atoms with Gasteiger partial charge in [-0.2, -0.15) is 5.26 Å². The Hall–Kier alpha value is -3.71. The normalized spacial score (nSPS) is 11.9. The quantitative estimate of drug-likeness (QED) is 0.261.